The Bertz CT molecular complexity index is 566. The Kier molecular flexibility index (Phi) is 5.33. The molecule has 0 aromatic heterocycles. The highest BCUT2D eigenvalue weighted by Gasteiger charge is 2.29. The van der Waals surface area contributed by atoms with Crippen LogP contribution in [-0.4, -0.2) is 44.8 Å². The molecular formula is C14H21N3O3S. The number of piperidine rings is 1. The molecule has 6 nitrogen and oxygen atoms in total. The maximum atomic E-state index is 12.4. The van der Waals surface area contributed by atoms with Crippen molar-refractivity contribution in [2.75, 3.05) is 26.2 Å². The smallest absolute Gasteiger partial charge is 0.243 e. The van der Waals surface area contributed by atoms with E-state index in [9.17, 15) is 13.2 Å². The molecule has 3 N–H and O–H groups in total. The Morgan fingerprint density at radius 1 is 1.24 bits per heavy atom. The molecule has 1 aliphatic heterocycles. The zero-order valence-corrected chi connectivity index (χ0v) is 12.7. The second kappa shape index (κ2) is 7.02. The van der Waals surface area contributed by atoms with Gasteiger partial charge in [-0.2, -0.15) is 4.31 Å². The van der Waals surface area contributed by atoms with Crippen LogP contribution in [0, 0.1) is 5.92 Å². The molecular weight excluding hydrogens is 290 g/mol. The summed E-state index contributed by atoms with van der Waals surface area (Å²) < 4.78 is 26.4. The van der Waals surface area contributed by atoms with Crippen molar-refractivity contribution in [1.29, 1.82) is 0 Å². The van der Waals surface area contributed by atoms with Crippen LogP contribution in [0.5, 0.6) is 0 Å². The van der Waals surface area contributed by atoms with Gasteiger partial charge in [0.1, 0.15) is 0 Å². The lowest BCUT2D eigenvalue weighted by Gasteiger charge is -2.31. The van der Waals surface area contributed by atoms with E-state index in [2.05, 4.69) is 5.32 Å². The van der Waals surface area contributed by atoms with Crippen molar-refractivity contribution in [3.8, 4) is 0 Å². The third-order valence-corrected chi connectivity index (χ3v) is 5.64. The van der Waals surface area contributed by atoms with Crippen LogP contribution >= 0.6 is 0 Å². The molecule has 2 rings (SSSR count). The zero-order valence-electron chi connectivity index (χ0n) is 11.9. The molecule has 0 radical (unpaired) electrons. The molecule has 1 heterocycles. The molecule has 116 valence electrons. The van der Waals surface area contributed by atoms with Crippen LogP contribution in [0.15, 0.2) is 35.2 Å². The van der Waals surface area contributed by atoms with Gasteiger partial charge in [0.25, 0.3) is 0 Å². The highest BCUT2D eigenvalue weighted by molar-refractivity contribution is 7.89. The third kappa shape index (κ3) is 4.03. The van der Waals surface area contributed by atoms with Gasteiger partial charge in [0.2, 0.25) is 15.9 Å². The molecule has 1 aliphatic rings. The van der Waals surface area contributed by atoms with Gasteiger partial charge in [-0.1, -0.05) is 18.2 Å². The second-order valence-corrected chi connectivity index (χ2v) is 7.11. The first-order chi connectivity index (χ1) is 10.0. The predicted molar refractivity (Wildman–Crippen MR) is 80.0 cm³/mol. The van der Waals surface area contributed by atoms with Crippen LogP contribution in [-0.2, 0) is 14.8 Å². The molecule has 0 spiro atoms. The van der Waals surface area contributed by atoms with E-state index < -0.39 is 10.0 Å². The van der Waals surface area contributed by atoms with Crippen LogP contribution in [0.2, 0.25) is 0 Å². The number of hydrogen-bond acceptors (Lipinski definition) is 4. The molecule has 1 amide bonds. The number of rotatable bonds is 5. The van der Waals surface area contributed by atoms with Gasteiger partial charge in [-0.15, -0.1) is 0 Å². The van der Waals surface area contributed by atoms with E-state index in [1.54, 1.807) is 30.3 Å². The van der Waals surface area contributed by atoms with Gasteiger partial charge in [0.05, 0.1) is 11.4 Å². The second-order valence-electron chi connectivity index (χ2n) is 5.17. The van der Waals surface area contributed by atoms with Crippen molar-refractivity contribution in [2.24, 2.45) is 11.7 Å². The van der Waals surface area contributed by atoms with Crippen molar-refractivity contribution >= 4 is 15.9 Å². The van der Waals surface area contributed by atoms with Gasteiger partial charge in [0.15, 0.2) is 0 Å². The molecule has 1 aromatic carbocycles. The predicted octanol–water partition coefficient (Wildman–Crippen LogP) is 0.162. The summed E-state index contributed by atoms with van der Waals surface area (Å²) in [7, 11) is -3.40. The van der Waals surface area contributed by atoms with E-state index in [0.29, 0.717) is 30.4 Å². The van der Waals surface area contributed by atoms with Gasteiger partial charge in [-0.25, -0.2) is 8.42 Å². The minimum absolute atomic E-state index is 0.0127. The molecule has 0 bridgehead atoms. The highest BCUT2D eigenvalue weighted by atomic mass is 32.2. The number of carbonyl (C=O) groups excluding carboxylic acids is 1. The lowest BCUT2D eigenvalue weighted by molar-refractivity contribution is -0.119. The standard InChI is InChI=1S/C14H21N3O3S/c15-10-14(18)16-11-12-6-8-17(9-7-12)21(19,20)13-4-2-1-3-5-13/h1-5,12H,6-11,15H2,(H,16,18). The Morgan fingerprint density at radius 2 is 1.86 bits per heavy atom. The summed E-state index contributed by atoms with van der Waals surface area (Å²) in [6, 6.07) is 8.47. The minimum Gasteiger partial charge on any atom is -0.355 e. The van der Waals surface area contributed by atoms with E-state index in [1.807, 2.05) is 0 Å². The fourth-order valence-corrected chi connectivity index (χ4v) is 3.92. The average molecular weight is 311 g/mol. The van der Waals surface area contributed by atoms with Crippen molar-refractivity contribution < 1.29 is 13.2 Å². The Labute approximate surface area is 125 Å². The number of nitrogens with two attached hydrogens (primary N) is 1. The molecule has 0 saturated carbocycles. The summed E-state index contributed by atoms with van der Waals surface area (Å²) >= 11 is 0. The first-order valence-electron chi connectivity index (χ1n) is 7.06. The first kappa shape index (κ1) is 15.9. The SMILES string of the molecule is NCC(=O)NCC1CCN(S(=O)(=O)c2ccccc2)CC1. The monoisotopic (exact) mass is 311 g/mol. The van der Waals surface area contributed by atoms with Crippen LogP contribution in [0.3, 0.4) is 0 Å². The number of benzene rings is 1. The van der Waals surface area contributed by atoms with E-state index in [-0.39, 0.29) is 12.5 Å². The van der Waals surface area contributed by atoms with Crippen LogP contribution in [0.1, 0.15) is 12.8 Å². The Hall–Kier alpha value is -1.44. The fraction of sp³-hybridized carbons (Fsp3) is 0.500. The van der Waals surface area contributed by atoms with Crippen molar-refractivity contribution in [3.05, 3.63) is 30.3 Å². The van der Waals surface area contributed by atoms with Gasteiger partial charge in [-0.05, 0) is 30.9 Å². The molecule has 1 saturated heterocycles. The zero-order chi connectivity index (χ0) is 15.3. The summed E-state index contributed by atoms with van der Waals surface area (Å²) in [5, 5.41) is 2.76. The molecule has 21 heavy (non-hydrogen) atoms. The fourth-order valence-electron chi connectivity index (χ4n) is 2.43. The number of amides is 1. The number of nitrogens with one attached hydrogen (secondary N) is 1. The Balaban J connectivity index is 1.90. The largest absolute Gasteiger partial charge is 0.355 e. The van der Waals surface area contributed by atoms with Crippen LogP contribution in [0.4, 0.5) is 0 Å². The van der Waals surface area contributed by atoms with Gasteiger partial charge in [-0.3, -0.25) is 4.79 Å². The van der Waals surface area contributed by atoms with Crippen molar-refractivity contribution in [3.63, 3.8) is 0 Å². The number of carbonyl (C=O) groups is 1. The number of hydrogen-bond donors (Lipinski definition) is 2. The molecule has 1 aromatic rings. The summed E-state index contributed by atoms with van der Waals surface area (Å²) in [5.74, 6) is 0.136. The minimum atomic E-state index is -3.40. The van der Waals surface area contributed by atoms with Crippen molar-refractivity contribution in [2.45, 2.75) is 17.7 Å². The lowest BCUT2D eigenvalue weighted by atomic mass is 9.98. The lowest BCUT2D eigenvalue weighted by Crippen LogP contribution is -2.42. The number of sulfonamides is 1. The summed E-state index contributed by atoms with van der Waals surface area (Å²) in [6.07, 6.45) is 1.49. The summed E-state index contributed by atoms with van der Waals surface area (Å²) in [6.45, 7) is 1.53. The third-order valence-electron chi connectivity index (χ3n) is 3.73. The van der Waals surface area contributed by atoms with Gasteiger partial charge in [0, 0.05) is 19.6 Å². The average Bonchev–Trinajstić information content (AvgIpc) is 2.53. The normalized spacial score (nSPS) is 17.6. The van der Waals surface area contributed by atoms with Gasteiger partial charge < -0.3 is 11.1 Å². The first-order valence-corrected chi connectivity index (χ1v) is 8.50. The molecule has 0 unspecified atom stereocenters. The van der Waals surface area contributed by atoms with Crippen LogP contribution < -0.4 is 11.1 Å². The molecule has 1 fully saturated rings. The molecule has 0 aliphatic carbocycles. The molecule has 7 heteroatoms. The molecule has 0 atom stereocenters. The maximum absolute atomic E-state index is 12.4. The van der Waals surface area contributed by atoms with E-state index in [1.165, 1.54) is 4.31 Å². The van der Waals surface area contributed by atoms with E-state index in [0.717, 1.165) is 12.8 Å². The summed E-state index contributed by atoms with van der Waals surface area (Å²) in [5.41, 5.74) is 5.23. The van der Waals surface area contributed by atoms with E-state index in [4.69, 9.17) is 5.73 Å². The quantitative estimate of drug-likeness (QED) is 0.810. The van der Waals surface area contributed by atoms with Gasteiger partial charge >= 0.3 is 0 Å². The topological polar surface area (TPSA) is 92.5 Å². The Morgan fingerprint density at radius 3 is 2.43 bits per heavy atom. The van der Waals surface area contributed by atoms with Crippen molar-refractivity contribution in [1.82, 2.24) is 9.62 Å². The summed E-state index contributed by atoms with van der Waals surface area (Å²) in [4.78, 5) is 11.5. The van der Waals surface area contributed by atoms with E-state index >= 15 is 0 Å². The highest BCUT2D eigenvalue weighted by Crippen LogP contribution is 2.23. The number of nitrogens with zero attached hydrogens (tertiary/aromatic N) is 1. The van der Waals surface area contributed by atoms with Crippen LogP contribution in [0.25, 0.3) is 0 Å². The maximum Gasteiger partial charge on any atom is 0.243 e.